The molecule has 0 aromatic carbocycles. The maximum Gasteiger partial charge on any atom is 0.242 e. The molecule has 0 unspecified atom stereocenters. The van der Waals surface area contributed by atoms with Crippen molar-refractivity contribution in [2.75, 3.05) is 25.2 Å². The molecule has 4 N–H and O–H groups in total. The summed E-state index contributed by atoms with van der Waals surface area (Å²) in [6.45, 7) is 5.12. The standard InChI is InChI=1S/C11H19ClN4O3S/c1-8(2)7-19-4-3-15-20(17,18)9-5-10(12)11(16-13)14-6-9/h5-6,8,15H,3-4,7,13H2,1-2H3,(H,14,16). The molecule has 1 aromatic rings. The van der Waals surface area contributed by atoms with Gasteiger partial charge in [-0.05, 0) is 12.0 Å². The van der Waals surface area contributed by atoms with E-state index in [1.807, 2.05) is 13.8 Å². The third-order valence-electron chi connectivity index (χ3n) is 2.25. The van der Waals surface area contributed by atoms with E-state index in [9.17, 15) is 8.42 Å². The first kappa shape index (κ1) is 17.1. The van der Waals surface area contributed by atoms with Gasteiger partial charge in [0.1, 0.15) is 4.90 Å². The molecule has 0 saturated carbocycles. The van der Waals surface area contributed by atoms with Crippen LogP contribution in [0.25, 0.3) is 0 Å². The zero-order valence-electron chi connectivity index (χ0n) is 11.4. The lowest BCUT2D eigenvalue weighted by molar-refractivity contribution is 0.114. The monoisotopic (exact) mass is 322 g/mol. The molecule has 0 aliphatic carbocycles. The number of ether oxygens (including phenoxy) is 1. The van der Waals surface area contributed by atoms with E-state index in [-0.39, 0.29) is 22.3 Å². The first-order valence-corrected chi connectivity index (χ1v) is 7.92. The van der Waals surface area contributed by atoms with Crippen molar-refractivity contribution in [1.29, 1.82) is 0 Å². The van der Waals surface area contributed by atoms with E-state index in [4.69, 9.17) is 22.2 Å². The van der Waals surface area contributed by atoms with Gasteiger partial charge >= 0.3 is 0 Å². The van der Waals surface area contributed by atoms with Gasteiger partial charge in [-0.15, -0.1) is 0 Å². The van der Waals surface area contributed by atoms with Crippen LogP contribution in [0.2, 0.25) is 5.02 Å². The molecule has 1 aromatic heterocycles. The molecule has 0 spiro atoms. The molecule has 0 aliphatic rings. The van der Waals surface area contributed by atoms with Crippen LogP contribution in [-0.4, -0.2) is 33.2 Å². The summed E-state index contributed by atoms with van der Waals surface area (Å²) in [5.74, 6) is 5.79. The lowest BCUT2D eigenvalue weighted by Gasteiger charge is -2.09. The largest absolute Gasteiger partial charge is 0.380 e. The maximum absolute atomic E-state index is 12.0. The number of aromatic nitrogens is 1. The number of anilines is 1. The summed E-state index contributed by atoms with van der Waals surface area (Å²) in [6, 6.07) is 1.28. The highest BCUT2D eigenvalue weighted by atomic mass is 35.5. The molecule has 9 heteroatoms. The highest BCUT2D eigenvalue weighted by molar-refractivity contribution is 7.89. The van der Waals surface area contributed by atoms with Gasteiger partial charge in [-0.3, -0.25) is 0 Å². The van der Waals surface area contributed by atoms with Gasteiger partial charge in [0.15, 0.2) is 5.82 Å². The summed E-state index contributed by atoms with van der Waals surface area (Å²) < 4.78 is 31.6. The molecule has 1 heterocycles. The number of pyridine rings is 1. The predicted molar refractivity (Wildman–Crippen MR) is 77.9 cm³/mol. The quantitative estimate of drug-likeness (QED) is 0.374. The van der Waals surface area contributed by atoms with Crippen molar-refractivity contribution in [3.8, 4) is 0 Å². The maximum atomic E-state index is 12.0. The summed E-state index contributed by atoms with van der Waals surface area (Å²) in [4.78, 5) is 3.79. The van der Waals surface area contributed by atoms with Crippen molar-refractivity contribution < 1.29 is 13.2 Å². The minimum Gasteiger partial charge on any atom is -0.380 e. The molecule has 0 radical (unpaired) electrons. The fourth-order valence-corrected chi connectivity index (χ4v) is 2.59. The van der Waals surface area contributed by atoms with Crippen molar-refractivity contribution in [2.45, 2.75) is 18.7 Å². The van der Waals surface area contributed by atoms with Gasteiger partial charge in [-0.25, -0.2) is 24.0 Å². The van der Waals surface area contributed by atoms with E-state index < -0.39 is 10.0 Å². The number of nitrogen functional groups attached to an aromatic ring is 1. The summed E-state index contributed by atoms with van der Waals surface area (Å²) in [7, 11) is -3.65. The van der Waals surface area contributed by atoms with E-state index in [0.717, 1.165) is 0 Å². The second-order valence-electron chi connectivity index (χ2n) is 4.51. The SMILES string of the molecule is CC(C)COCCNS(=O)(=O)c1cnc(NN)c(Cl)c1. The van der Waals surface area contributed by atoms with Crippen LogP contribution in [-0.2, 0) is 14.8 Å². The van der Waals surface area contributed by atoms with Gasteiger partial charge in [0.25, 0.3) is 0 Å². The fourth-order valence-electron chi connectivity index (χ4n) is 1.32. The summed E-state index contributed by atoms with van der Waals surface area (Å²) in [5, 5.41) is 0.131. The van der Waals surface area contributed by atoms with Crippen LogP contribution in [0.1, 0.15) is 13.8 Å². The minimum atomic E-state index is -3.65. The van der Waals surface area contributed by atoms with Crippen molar-refractivity contribution in [1.82, 2.24) is 9.71 Å². The van der Waals surface area contributed by atoms with Gasteiger partial charge in [0, 0.05) is 19.3 Å². The van der Waals surface area contributed by atoms with Crippen molar-refractivity contribution in [3.63, 3.8) is 0 Å². The Labute approximate surface area is 123 Å². The van der Waals surface area contributed by atoms with E-state index in [0.29, 0.717) is 19.1 Å². The van der Waals surface area contributed by atoms with Crippen molar-refractivity contribution in [2.24, 2.45) is 11.8 Å². The molecule has 0 fully saturated rings. The molecule has 1 rings (SSSR count). The Balaban J connectivity index is 2.58. The fraction of sp³-hybridized carbons (Fsp3) is 0.545. The number of halogens is 1. The van der Waals surface area contributed by atoms with Gasteiger partial charge in [0.2, 0.25) is 10.0 Å². The Hall–Kier alpha value is -0.930. The van der Waals surface area contributed by atoms with E-state index in [1.165, 1.54) is 12.3 Å². The van der Waals surface area contributed by atoms with Gasteiger partial charge in [0.05, 0.1) is 11.6 Å². The molecule has 0 atom stereocenters. The number of nitrogens with one attached hydrogen (secondary N) is 2. The van der Waals surface area contributed by atoms with Crippen molar-refractivity contribution in [3.05, 3.63) is 17.3 Å². The smallest absolute Gasteiger partial charge is 0.242 e. The van der Waals surface area contributed by atoms with Crippen LogP contribution in [0.4, 0.5) is 5.82 Å². The summed E-state index contributed by atoms with van der Waals surface area (Å²) in [5.41, 5.74) is 2.27. The van der Waals surface area contributed by atoms with E-state index >= 15 is 0 Å². The molecule has 20 heavy (non-hydrogen) atoms. The van der Waals surface area contributed by atoms with Crippen LogP contribution in [0.15, 0.2) is 17.2 Å². The first-order chi connectivity index (χ1) is 9.36. The molecule has 0 saturated heterocycles. The first-order valence-electron chi connectivity index (χ1n) is 6.06. The molecule has 7 nitrogen and oxygen atoms in total. The lowest BCUT2D eigenvalue weighted by Crippen LogP contribution is -2.28. The molecule has 114 valence electrons. The van der Waals surface area contributed by atoms with Crippen LogP contribution >= 0.6 is 11.6 Å². The average Bonchev–Trinajstić information content (AvgIpc) is 2.37. The molecule has 0 aliphatic heterocycles. The number of nitrogens with zero attached hydrogens (tertiary/aromatic N) is 1. The molecular weight excluding hydrogens is 304 g/mol. The van der Waals surface area contributed by atoms with Gasteiger partial charge in [-0.1, -0.05) is 25.4 Å². The highest BCUT2D eigenvalue weighted by Crippen LogP contribution is 2.21. The number of hydrogen-bond acceptors (Lipinski definition) is 6. The Morgan fingerprint density at radius 1 is 1.50 bits per heavy atom. The van der Waals surface area contributed by atoms with Crippen LogP contribution in [0.5, 0.6) is 0 Å². The topological polar surface area (TPSA) is 106 Å². The second kappa shape index (κ2) is 7.75. The van der Waals surface area contributed by atoms with Crippen LogP contribution in [0.3, 0.4) is 0 Å². The number of sulfonamides is 1. The highest BCUT2D eigenvalue weighted by Gasteiger charge is 2.15. The molecule has 0 bridgehead atoms. The lowest BCUT2D eigenvalue weighted by atomic mass is 10.2. The summed E-state index contributed by atoms with van der Waals surface area (Å²) >= 11 is 5.83. The van der Waals surface area contributed by atoms with Crippen LogP contribution < -0.4 is 16.0 Å². The third-order valence-corrected chi connectivity index (χ3v) is 3.97. The number of hydrazine groups is 1. The number of nitrogens with two attached hydrogens (primary N) is 1. The number of hydrogen-bond donors (Lipinski definition) is 3. The molecule has 0 amide bonds. The number of rotatable bonds is 8. The van der Waals surface area contributed by atoms with Gasteiger partial charge < -0.3 is 10.2 Å². The van der Waals surface area contributed by atoms with Crippen LogP contribution in [0, 0.1) is 5.92 Å². The van der Waals surface area contributed by atoms with E-state index in [1.54, 1.807) is 0 Å². The Morgan fingerprint density at radius 3 is 2.75 bits per heavy atom. The average molecular weight is 323 g/mol. The normalized spacial score (nSPS) is 11.8. The Bertz CT molecular complexity index is 536. The Morgan fingerprint density at radius 2 is 2.20 bits per heavy atom. The Kier molecular flexibility index (Phi) is 6.63. The molecular formula is C11H19ClN4O3S. The minimum absolute atomic E-state index is 0.0228. The van der Waals surface area contributed by atoms with Gasteiger partial charge in [-0.2, -0.15) is 0 Å². The zero-order chi connectivity index (χ0) is 15.2. The predicted octanol–water partition coefficient (Wildman–Crippen LogP) is 0.972. The van der Waals surface area contributed by atoms with E-state index in [2.05, 4.69) is 15.1 Å². The third kappa shape index (κ3) is 5.22. The summed E-state index contributed by atoms with van der Waals surface area (Å²) in [6.07, 6.45) is 1.18. The second-order valence-corrected chi connectivity index (χ2v) is 6.69. The van der Waals surface area contributed by atoms with Crippen molar-refractivity contribution >= 4 is 27.4 Å². The zero-order valence-corrected chi connectivity index (χ0v) is 13.0.